The van der Waals surface area contributed by atoms with Gasteiger partial charge in [-0.25, -0.2) is 4.79 Å². The Morgan fingerprint density at radius 2 is 1.87 bits per heavy atom. The van der Waals surface area contributed by atoms with Crippen LogP contribution in [0.5, 0.6) is 0 Å². The normalized spacial score (nSPS) is 16.4. The Morgan fingerprint density at radius 3 is 2.55 bits per heavy atom. The Morgan fingerprint density at radius 1 is 1.13 bits per heavy atom. The summed E-state index contributed by atoms with van der Waals surface area (Å²) in [5.41, 5.74) is 11.0. The van der Waals surface area contributed by atoms with Crippen LogP contribution in [-0.4, -0.2) is 60.6 Å². The summed E-state index contributed by atoms with van der Waals surface area (Å²) in [5.74, 6) is -0.994. The van der Waals surface area contributed by atoms with Crippen molar-refractivity contribution in [3.05, 3.63) is 88.7 Å². The number of aryl methyl sites for hydroxylation is 1. The number of nitrogens with one attached hydrogen (secondary N) is 1. The molecule has 0 bridgehead atoms. The van der Waals surface area contributed by atoms with E-state index in [4.69, 9.17) is 15.2 Å². The van der Waals surface area contributed by atoms with Crippen molar-refractivity contribution < 1.29 is 23.9 Å². The van der Waals surface area contributed by atoms with Crippen LogP contribution in [0.15, 0.2) is 60.9 Å². The molecule has 4 rings (SSSR count). The van der Waals surface area contributed by atoms with Crippen molar-refractivity contribution in [2.75, 3.05) is 26.9 Å². The highest BCUT2D eigenvalue weighted by molar-refractivity contribution is 5.93. The number of carbonyl (C=O) groups is 3. The van der Waals surface area contributed by atoms with Crippen molar-refractivity contribution in [2.45, 2.75) is 32.5 Å². The van der Waals surface area contributed by atoms with Crippen LogP contribution in [0.3, 0.4) is 0 Å². The molecule has 9 nitrogen and oxygen atoms in total. The van der Waals surface area contributed by atoms with Gasteiger partial charge in [-0.2, -0.15) is 0 Å². The van der Waals surface area contributed by atoms with Crippen LogP contribution in [0, 0.1) is 6.92 Å². The molecule has 9 heteroatoms. The fourth-order valence-corrected chi connectivity index (χ4v) is 4.58. The summed E-state index contributed by atoms with van der Waals surface area (Å²) in [4.78, 5) is 43.0. The second-order valence-electron chi connectivity index (χ2n) is 9.38. The van der Waals surface area contributed by atoms with Crippen LogP contribution in [0.25, 0.3) is 11.1 Å². The molecule has 0 saturated carbocycles. The molecule has 0 spiro atoms. The molecule has 2 amide bonds. The Hall–Kier alpha value is -4.08. The van der Waals surface area contributed by atoms with Gasteiger partial charge in [0, 0.05) is 36.6 Å². The van der Waals surface area contributed by atoms with Gasteiger partial charge in [0.05, 0.1) is 31.9 Å². The first-order chi connectivity index (χ1) is 18.3. The first-order valence-corrected chi connectivity index (χ1v) is 12.4. The summed E-state index contributed by atoms with van der Waals surface area (Å²) in [7, 11) is 1.34. The second kappa shape index (κ2) is 12.0. The van der Waals surface area contributed by atoms with E-state index in [1.807, 2.05) is 32.0 Å². The molecule has 3 aromatic rings. The number of nitrogens with two attached hydrogens (primary N) is 1. The van der Waals surface area contributed by atoms with E-state index in [1.54, 1.807) is 36.7 Å². The molecule has 198 valence electrons. The number of methoxy groups -OCH3 is 1. The number of esters is 1. The first-order valence-electron chi connectivity index (χ1n) is 12.4. The minimum atomic E-state index is -0.462. The molecule has 1 saturated heterocycles. The van der Waals surface area contributed by atoms with Gasteiger partial charge in [-0.1, -0.05) is 18.2 Å². The molecule has 0 unspecified atom stereocenters. The van der Waals surface area contributed by atoms with Gasteiger partial charge in [-0.15, -0.1) is 0 Å². The molecule has 2 heterocycles. The number of benzene rings is 2. The number of aromatic nitrogens is 1. The van der Waals surface area contributed by atoms with Gasteiger partial charge in [0.2, 0.25) is 11.8 Å². The zero-order valence-electron chi connectivity index (χ0n) is 21.8. The maximum Gasteiger partial charge on any atom is 0.337 e. The highest BCUT2D eigenvalue weighted by atomic mass is 16.5. The molecular weight excluding hydrogens is 484 g/mol. The molecule has 2 aromatic carbocycles. The lowest BCUT2D eigenvalue weighted by atomic mass is 9.98. The fraction of sp³-hybridized carbons (Fsp3) is 0.310. The molecule has 0 aliphatic carbocycles. The molecule has 2 atom stereocenters. The third-order valence-corrected chi connectivity index (χ3v) is 6.73. The molecule has 1 fully saturated rings. The third kappa shape index (κ3) is 6.24. The number of nitrogens with zero attached hydrogens (tertiary/aromatic N) is 2. The number of primary amides is 1. The zero-order valence-corrected chi connectivity index (χ0v) is 21.8. The van der Waals surface area contributed by atoms with Crippen molar-refractivity contribution in [1.29, 1.82) is 0 Å². The molecule has 38 heavy (non-hydrogen) atoms. The summed E-state index contributed by atoms with van der Waals surface area (Å²) >= 11 is 0. The minimum absolute atomic E-state index is 0.128. The van der Waals surface area contributed by atoms with Crippen molar-refractivity contribution in [3.63, 3.8) is 0 Å². The number of amides is 2. The number of hydrogen-bond acceptors (Lipinski definition) is 7. The Bertz CT molecular complexity index is 1320. The average Bonchev–Trinajstić information content (AvgIpc) is 2.93. The van der Waals surface area contributed by atoms with Gasteiger partial charge in [-0.3, -0.25) is 19.5 Å². The van der Waals surface area contributed by atoms with Gasteiger partial charge < -0.3 is 20.5 Å². The number of pyridine rings is 1. The van der Waals surface area contributed by atoms with Crippen LogP contribution < -0.4 is 11.1 Å². The summed E-state index contributed by atoms with van der Waals surface area (Å²) in [6.45, 7) is 5.80. The van der Waals surface area contributed by atoms with E-state index < -0.39 is 17.9 Å². The van der Waals surface area contributed by atoms with E-state index in [-0.39, 0.29) is 11.9 Å². The molecular formula is C29H32N4O5. The predicted octanol–water partition coefficient (Wildman–Crippen LogP) is 3.02. The van der Waals surface area contributed by atoms with E-state index >= 15 is 0 Å². The summed E-state index contributed by atoms with van der Waals surface area (Å²) in [5, 5.41) is 3.07. The number of ether oxygens (including phenoxy) is 2. The summed E-state index contributed by atoms with van der Waals surface area (Å²) < 4.78 is 10.4. The Balaban J connectivity index is 1.45. The van der Waals surface area contributed by atoms with E-state index in [9.17, 15) is 14.4 Å². The highest BCUT2D eigenvalue weighted by Gasteiger charge is 2.30. The van der Waals surface area contributed by atoms with Gasteiger partial charge in [0.25, 0.3) is 0 Å². The molecule has 3 N–H and O–H groups in total. The summed E-state index contributed by atoms with van der Waals surface area (Å²) in [6, 6.07) is 13.7. The largest absolute Gasteiger partial charge is 0.465 e. The standard InChI is InChI=1S/C29H32N4O5/c1-18-12-23(27(30)34)8-9-25(18)24-13-20(14-31-15-24)16-33-10-11-38-17-26(33)28(35)32-19(2)21-4-6-22(7-5-21)29(36)37-3/h4-9,12-15,19,26H,10-11,16-17H2,1-3H3,(H2,30,34)(H,32,35)/t19-,26+/m0/s1. The van der Waals surface area contributed by atoms with E-state index in [2.05, 4.69) is 21.3 Å². The highest BCUT2D eigenvalue weighted by Crippen LogP contribution is 2.25. The van der Waals surface area contributed by atoms with E-state index in [0.717, 1.165) is 27.8 Å². The molecule has 1 aromatic heterocycles. The average molecular weight is 517 g/mol. The number of hydrogen-bond donors (Lipinski definition) is 2. The number of carbonyl (C=O) groups excluding carboxylic acids is 3. The minimum Gasteiger partial charge on any atom is -0.465 e. The van der Waals surface area contributed by atoms with Gasteiger partial charge in [0.1, 0.15) is 6.04 Å². The second-order valence-corrected chi connectivity index (χ2v) is 9.38. The summed E-state index contributed by atoms with van der Waals surface area (Å²) in [6.07, 6.45) is 3.58. The third-order valence-electron chi connectivity index (χ3n) is 6.73. The van der Waals surface area contributed by atoms with E-state index in [0.29, 0.717) is 37.4 Å². The van der Waals surface area contributed by atoms with Crippen LogP contribution >= 0.6 is 0 Å². The van der Waals surface area contributed by atoms with Crippen molar-refractivity contribution >= 4 is 17.8 Å². The van der Waals surface area contributed by atoms with Crippen LogP contribution in [0.4, 0.5) is 0 Å². The van der Waals surface area contributed by atoms with Crippen LogP contribution in [0.1, 0.15) is 50.4 Å². The first kappa shape index (κ1) is 27.0. The molecule has 1 aliphatic rings. The Labute approximate surface area is 221 Å². The van der Waals surface area contributed by atoms with Gasteiger partial charge in [0.15, 0.2) is 0 Å². The topological polar surface area (TPSA) is 124 Å². The lowest BCUT2D eigenvalue weighted by Crippen LogP contribution is -2.53. The lowest BCUT2D eigenvalue weighted by molar-refractivity contribution is -0.133. The van der Waals surface area contributed by atoms with Gasteiger partial charge >= 0.3 is 5.97 Å². The van der Waals surface area contributed by atoms with Crippen molar-refractivity contribution in [1.82, 2.24) is 15.2 Å². The SMILES string of the molecule is COC(=O)c1ccc([C@H](C)NC(=O)[C@H]2COCCN2Cc2cncc(-c3ccc(C(N)=O)cc3C)c2)cc1. The number of morpholine rings is 1. The van der Waals surface area contributed by atoms with E-state index in [1.165, 1.54) is 7.11 Å². The Kier molecular flexibility index (Phi) is 8.50. The molecule has 0 radical (unpaired) electrons. The fourth-order valence-electron chi connectivity index (χ4n) is 4.58. The maximum absolute atomic E-state index is 13.3. The van der Waals surface area contributed by atoms with Crippen molar-refractivity contribution in [3.8, 4) is 11.1 Å². The number of rotatable bonds is 8. The predicted molar refractivity (Wildman–Crippen MR) is 142 cm³/mol. The quantitative estimate of drug-likeness (QED) is 0.441. The molecule has 1 aliphatic heterocycles. The van der Waals surface area contributed by atoms with Crippen LogP contribution in [-0.2, 0) is 20.8 Å². The van der Waals surface area contributed by atoms with Crippen LogP contribution in [0.2, 0.25) is 0 Å². The zero-order chi connectivity index (χ0) is 27.2. The van der Waals surface area contributed by atoms with Gasteiger partial charge in [-0.05, 0) is 66.4 Å². The monoisotopic (exact) mass is 516 g/mol. The van der Waals surface area contributed by atoms with Crippen molar-refractivity contribution in [2.24, 2.45) is 5.73 Å². The maximum atomic E-state index is 13.3. The smallest absolute Gasteiger partial charge is 0.337 e. The lowest BCUT2D eigenvalue weighted by Gasteiger charge is -2.35.